The third-order valence-electron chi connectivity index (χ3n) is 7.22. The molecular formula is C27H28ClFN4O3S. The van der Waals surface area contributed by atoms with E-state index in [1.165, 1.54) is 12.3 Å². The van der Waals surface area contributed by atoms with Crippen molar-refractivity contribution in [1.29, 1.82) is 5.26 Å². The van der Waals surface area contributed by atoms with Crippen LogP contribution >= 0.6 is 11.6 Å². The molecule has 1 atom stereocenters. The van der Waals surface area contributed by atoms with Gasteiger partial charge in [0.1, 0.15) is 10.7 Å². The zero-order chi connectivity index (χ0) is 26.0. The van der Waals surface area contributed by atoms with Crippen LogP contribution in [0.3, 0.4) is 0 Å². The molecule has 0 bridgehead atoms. The van der Waals surface area contributed by atoms with Crippen LogP contribution in [0.2, 0.25) is 5.02 Å². The molecule has 0 unspecified atom stereocenters. The number of piperidine rings is 1. The Balaban J connectivity index is 1.63. The zero-order valence-electron chi connectivity index (χ0n) is 20.4. The minimum Gasteiger partial charge on any atom is -0.379 e. The molecule has 3 aromatic rings. The van der Waals surface area contributed by atoms with Crippen LogP contribution in [0.15, 0.2) is 52.4 Å². The summed E-state index contributed by atoms with van der Waals surface area (Å²) in [7, 11) is -4.09. The second-order valence-electron chi connectivity index (χ2n) is 9.48. The molecule has 7 nitrogen and oxygen atoms in total. The Kier molecular flexibility index (Phi) is 7.63. The highest BCUT2D eigenvalue weighted by Crippen LogP contribution is 2.40. The number of anilines is 1. The van der Waals surface area contributed by atoms with Gasteiger partial charge in [0.05, 0.1) is 46.0 Å². The summed E-state index contributed by atoms with van der Waals surface area (Å²) in [4.78, 5) is 8.95. The Bertz CT molecular complexity index is 1450. The molecule has 0 amide bonds. The molecule has 0 saturated carbocycles. The molecule has 3 heterocycles. The van der Waals surface area contributed by atoms with E-state index in [4.69, 9.17) is 16.3 Å². The predicted molar refractivity (Wildman–Crippen MR) is 140 cm³/mol. The van der Waals surface area contributed by atoms with Crippen molar-refractivity contribution in [3.63, 3.8) is 0 Å². The largest absolute Gasteiger partial charge is 0.379 e. The molecule has 37 heavy (non-hydrogen) atoms. The molecule has 10 heteroatoms. The zero-order valence-corrected chi connectivity index (χ0v) is 21.9. The summed E-state index contributed by atoms with van der Waals surface area (Å²) in [6.07, 6.45) is 5.19. The minimum atomic E-state index is -4.09. The normalized spacial score (nSPS) is 19.2. The number of nitrogens with zero attached hydrogens (tertiary/aromatic N) is 4. The van der Waals surface area contributed by atoms with E-state index in [1.807, 2.05) is 0 Å². The Morgan fingerprint density at radius 2 is 1.95 bits per heavy atom. The summed E-state index contributed by atoms with van der Waals surface area (Å²) in [6.45, 7) is 4.82. The molecule has 0 N–H and O–H groups in total. The van der Waals surface area contributed by atoms with Crippen LogP contribution in [0.4, 0.5) is 10.1 Å². The van der Waals surface area contributed by atoms with Gasteiger partial charge in [0.15, 0.2) is 0 Å². The fourth-order valence-corrected chi connectivity index (χ4v) is 6.94. The fourth-order valence-electron chi connectivity index (χ4n) is 5.25. The van der Waals surface area contributed by atoms with Crippen LogP contribution in [0.25, 0.3) is 10.9 Å². The van der Waals surface area contributed by atoms with E-state index in [0.29, 0.717) is 28.7 Å². The highest BCUT2D eigenvalue weighted by molar-refractivity contribution is 7.91. The Morgan fingerprint density at radius 1 is 1.14 bits per heavy atom. The number of benzene rings is 2. The Labute approximate surface area is 221 Å². The van der Waals surface area contributed by atoms with Crippen LogP contribution < -0.4 is 4.90 Å². The average Bonchev–Trinajstić information content (AvgIpc) is 2.93. The van der Waals surface area contributed by atoms with Gasteiger partial charge in [-0.2, -0.15) is 5.26 Å². The molecule has 0 aliphatic carbocycles. The number of hydrogen-bond acceptors (Lipinski definition) is 7. The number of halogens is 2. The second-order valence-corrected chi connectivity index (χ2v) is 11.8. The molecule has 2 fully saturated rings. The standard InChI is InChI=1S/C27H28ClFN4O3S/c28-23-16-21(5-6-24(23)29)37(34,35)26-18-31-25-7-4-19(17-30)15-22(25)27(26)33-9-2-1-3-20(33)8-10-32-11-13-36-14-12-32/h4-7,15-16,18,20H,1-3,8-14H2/t20-/m1/s1. The summed E-state index contributed by atoms with van der Waals surface area (Å²) in [5.41, 5.74) is 1.59. The first kappa shape index (κ1) is 25.9. The lowest BCUT2D eigenvalue weighted by Crippen LogP contribution is -2.44. The van der Waals surface area contributed by atoms with Crippen LogP contribution in [0, 0.1) is 17.1 Å². The van der Waals surface area contributed by atoms with Gasteiger partial charge in [-0.3, -0.25) is 9.88 Å². The van der Waals surface area contributed by atoms with Crippen molar-refractivity contribution in [3.05, 3.63) is 59.0 Å². The number of fused-ring (bicyclic) bond motifs is 1. The van der Waals surface area contributed by atoms with Crippen molar-refractivity contribution in [2.45, 2.75) is 41.5 Å². The van der Waals surface area contributed by atoms with Gasteiger partial charge in [-0.25, -0.2) is 12.8 Å². The summed E-state index contributed by atoms with van der Waals surface area (Å²) < 4.78 is 47.2. The number of morpholine rings is 1. The van der Waals surface area contributed by atoms with E-state index in [2.05, 4.69) is 20.9 Å². The summed E-state index contributed by atoms with van der Waals surface area (Å²) >= 11 is 5.95. The number of rotatable bonds is 6. The third kappa shape index (κ3) is 5.30. The lowest BCUT2D eigenvalue weighted by molar-refractivity contribution is 0.0362. The lowest BCUT2D eigenvalue weighted by atomic mass is 9.97. The molecule has 5 rings (SSSR count). The Hall–Kier alpha value is -2.77. The van der Waals surface area contributed by atoms with Gasteiger partial charge in [0.25, 0.3) is 0 Å². The molecule has 2 aromatic carbocycles. The van der Waals surface area contributed by atoms with Gasteiger partial charge in [-0.15, -0.1) is 0 Å². The maximum Gasteiger partial charge on any atom is 0.210 e. The van der Waals surface area contributed by atoms with Crippen molar-refractivity contribution >= 4 is 38.0 Å². The SMILES string of the molecule is N#Cc1ccc2ncc(S(=O)(=O)c3ccc(F)c(Cl)c3)c(N3CCCC[C@@H]3CCN3CCOCC3)c2c1. The van der Waals surface area contributed by atoms with Gasteiger partial charge in [0.2, 0.25) is 9.84 Å². The van der Waals surface area contributed by atoms with Gasteiger partial charge < -0.3 is 9.64 Å². The quantitative estimate of drug-likeness (QED) is 0.413. The lowest BCUT2D eigenvalue weighted by Gasteiger charge is -2.40. The van der Waals surface area contributed by atoms with E-state index in [-0.39, 0.29) is 20.9 Å². The average molecular weight is 543 g/mol. The number of aromatic nitrogens is 1. The van der Waals surface area contributed by atoms with Crippen LogP contribution in [-0.2, 0) is 14.6 Å². The highest BCUT2D eigenvalue weighted by atomic mass is 35.5. The molecule has 0 spiro atoms. The number of ether oxygens (including phenoxy) is 1. The maximum atomic E-state index is 13.9. The summed E-state index contributed by atoms with van der Waals surface area (Å²) in [5, 5.41) is 9.93. The van der Waals surface area contributed by atoms with Crippen LogP contribution in [0.1, 0.15) is 31.2 Å². The molecule has 0 radical (unpaired) electrons. The topological polar surface area (TPSA) is 86.5 Å². The van der Waals surface area contributed by atoms with Crippen LogP contribution in [0.5, 0.6) is 0 Å². The smallest absolute Gasteiger partial charge is 0.210 e. The minimum absolute atomic E-state index is 0.0380. The van der Waals surface area contributed by atoms with Crippen molar-refractivity contribution in [2.24, 2.45) is 0 Å². The summed E-state index contributed by atoms with van der Waals surface area (Å²) in [6, 6.07) is 10.8. The number of pyridine rings is 1. The maximum absolute atomic E-state index is 13.9. The first-order valence-electron chi connectivity index (χ1n) is 12.5. The van der Waals surface area contributed by atoms with E-state index in [1.54, 1.807) is 18.2 Å². The molecule has 2 aliphatic heterocycles. The first-order valence-corrected chi connectivity index (χ1v) is 14.3. The highest BCUT2D eigenvalue weighted by Gasteiger charge is 2.32. The number of sulfone groups is 1. The molecule has 1 aromatic heterocycles. The first-order chi connectivity index (χ1) is 17.9. The third-order valence-corrected chi connectivity index (χ3v) is 9.26. The van der Waals surface area contributed by atoms with E-state index in [9.17, 15) is 18.1 Å². The van der Waals surface area contributed by atoms with Crippen molar-refractivity contribution in [2.75, 3.05) is 44.3 Å². The van der Waals surface area contributed by atoms with Gasteiger partial charge in [0, 0.05) is 43.8 Å². The number of nitriles is 1. The molecule has 2 aliphatic rings. The predicted octanol–water partition coefficient (Wildman–Crippen LogP) is 4.81. The van der Waals surface area contributed by atoms with Gasteiger partial charge in [-0.1, -0.05) is 11.6 Å². The molecular weight excluding hydrogens is 515 g/mol. The van der Waals surface area contributed by atoms with Gasteiger partial charge in [-0.05, 0) is 62.1 Å². The summed E-state index contributed by atoms with van der Waals surface area (Å²) in [5.74, 6) is -0.685. The van der Waals surface area contributed by atoms with Crippen LogP contribution in [-0.4, -0.2) is 63.7 Å². The molecule has 2 saturated heterocycles. The monoisotopic (exact) mass is 542 g/mol. The van der Waals surface area contributed by atoms with Crippen molar-refractivity contribution in [3.8, 4) is 6.07 Å². The van der Waals surface area contributed by atoms with Crippen molar-refractivity contribution < 1.29 is 17.5 Å². The van der Waals surface area contributed by atoms with E-state index >= 15 is 0 Å². The fraction of sp³-hybridized carbons (Fsp3) is 0.407. The Morgan fingerprint density at radius 3 is 2.70 bits per heavy atom. The number of hydrogen-bond donors (Lipinski definition) is 0. The molecule has 194 valence electrons. The van der Waals surface area contributed by atoms with Crippen molar-refractivity contribution in [1.82, 2.24) is 9.88 Å². The second kappa shape index (κ2) is 10.9. The van der Waals surface area contributed by atoms with E-state index < -0.39 is 15.7 Å². The van der Waals surface area contributed by atoms with E-state index in [0.717, 1.165) is 70.7 Å². The van der Waals surface area contributed by atoms with Gasteiger partial charge >= 0.3 is 0 Å².